The third-order valence-corrected chi connectivity index (χ3v) is 5.71. The van der Waals surface area contributed by atoms with Gasteiger partial charge in [-0.1, -0.05) is 64.5 Å². The van der Waals surface area contributed by atoms with E-state index in [0.29, 0.717) is 5.41 Å². The first-order valence-corrected chi connectivity index (χ1v) is 8.03. The van der Waals surface area contributed by atoms with E-state index < -0.39 is 0 Å². The Morgan fingerprint density at radius 2 is 1.65 bits per heavy atom. The second kappa shape index (κ2) is 5.95. The van der Waals surface area contributed by atoms with Gasteiger partial charge in [0.05, 0.1) is 0 Å². The summed E-state index contributed by atoms with van der Waals surface area (Å²) in [5.74, 6) is 0. The summed E-state index contributed by atoms with van der Waals surface area (Å²) >= 11 is 16.2. The fourth-order valence-corrected chi connectivity index (χ4v) is 4.03. The number of hydrogen-bond donors (Lipinski definition) is 0. The van der Waals surface area contributed by atoms with E-state index in [0.717, 1.165) is 27.4 Å². The SMILES string of the molecule is Clc1cccc(Cl)c1CC1(CBr)CCCCC1. The first-order valence-electron chi connectivity index (χ1n) is 6.16. The Bertz CT molecular complexity index is 364. The predicted octanol–water partition coefficient (Wildman–Crippen LogP) is 5.88. The van der Waals surface area contributed by atoms with Crippen LogP contribution < -0.4 is 0 Å². The zero-order valence-corrected chi connectivity index (χ0v) is 12.9. The lowest BCUT2D eigenvalue weighted by Crippen LogP contribution is -2.28. The van der Waals surface area contributed by atoms with Crippen LogP contribution in [0, 0.1) is 5.41 Å². The second-order valence-electron chi connectivity index (χ2n) is 5.07. The maximum atomic E-state index is 6.27. The van der Waals surface area contributed by atoms with E-state index in [-0.39, 0.29) is 0 Å². The molecule has 0 spiro atoms. The summed E-state index contributed by atoms with van der Waals surface area (Å²) in [5.41, 5.74) is 1.48. The van der Waals surface area contributed by atoms with Crippen molar-refractivity contribution >= 4 is 39.1 Å². The molecule has 94 valence electrons. The van der Waals surface area contributed by atoms with Gasteiger partial charge in [0.25, 0.3) is 0 Å². The minimum absolute atomic E-state index is 0.354. The van der Waals surface area contributed by atoms with Gasteiger partial charge < -0.3 is 0 Å². The van der Waals surface area contributed by atoms with Gasteiger partial charge in [-0.2, -0.15) is 0 Å². The highest BCUT2D eigenvalue weighted by Gasteiger charge is 2.32. The Balaban J connectivity index is 2.23. The Labute approximate surface area is 122 Å². The molecule has 0 amide bonds. The highest BCUT2D eigenvalue weighted by atomic mass is 79.9. The Morgan fingerprint density at radius 1 is 1.06 bits per heavy atom. The normalized spacial score (nSPS) is 19.2. The molecule has 1 aromatic rings. The van der Waals surface area contributed by atoms with Crippen molar-refractivity contribution in [2.75, 3.05) is 5.33 Å². The van der Waals surface area contributed by atoms with Crippen molar-refractivity contribution < 1.29 is 0 Å². The minimum atomic E-state index is 0.354. The molecule has 0 aromatic heterocycles. The van der Waals surface area contributed by atoms with Gasteiger partial charge in [0.15, 0.2) is 0 Å². The van der Waals surface area contributed by atoms with Crippen LogP contribution >= 0.6 is 39.1 Å². The van der Waals surface area contributed by atoms with Crippen molar-refractivity contribution in [2.45, 2.75) is 38.5 Å². The summed E-state index contributed by atoms with van der Waals surface area (Å²) in [6.45, 7) is 0. The second-order valence-corrected chi connectivity index (χ2v) is 6.45. The zero-order valence-electron chi connectivity index (χ0n) is 9.82. The van der Waals surface area contributed by atoms with Crippen LogP contribution in [0.1, 0.15) is 37.7 Å². The lowest BCUT2D eigenvalue weighted by Gasteiger charge is -2.36. The molecule has 1 aliphatic carbocycles. The van der Waals surface area contributed by atoms with Gasteiger partial charge in [0, 0.05) is 15.4 Å². The standard InChI is InChI=1S/C14H17BrCl2/c15-10-14(7-2-1-3-8-14)9-11-12(16)5-4-6-13(11)17/h4-6H,1-3,7-10H2. The lowest BCUT2D eigenvalue weighted by molar-refractivity contribution is 0.223. The Morgan fingerprint density at radius 3 is 2.18 bits per heavy atom. The molecule has 0 aliphatic heterocycles. The monoisotopic (exact) mass is 334 g/mol. The van der Waals surface area contributed by atoms with Gasteiger partial charge in [-0.15, -0.1) is 0 Å². The summed E-state index contributed by atoms with van der Waals surface area (Å²) in [5, 5.41) is 2.66. The molecule has 0 N–H and O–H groups in total. The summed E-state index contributed by atoms with van der Waals surface area (Å²) in [7, 11) is 0. The van der Waals surface area contributed by atoms with E-state index in [1.54, 1.807) is 0 Å². The molecule has 0 bridgehead atoms. The van der Waals surface area contributed by atoms with Crippen molar-refractivity contribution in [3.8, 4) is 0 Å². The summed E-state index contributed by atoms with van der Waals surface area (Å²) in [4.78, 5) is 0. The van der Waals surface area contributed by atoms with Gasteiger partial charge in [0.2, 0.25) is 0 Å². The number of alkyl halides is 1. The minimum Gasteiger partial charge on any atom is -0.0922 e. The van der Waals surface area contributed by atoms with Gasteiger partial charge in [-0.3, -0.25) is 0 Å². The number of rotatable bonds is 3. The van der Waals surface area contributed by atoms with Crippen molar-refractivity contribution in [1.29, 1.82) is 0 Å². The van der Waals surface area contributed by atoms with Crippen molar-refractivity contribution in [1.82, 2.24) is 0 Å². The van der Waals surface area contributed by atoms with Crippen molar-refractivity contribution in [3.63, 3.8) is 0 Å². The summed E-state index contributed by atoms with van der Waals surface area (Å²) in [6, 6.07) is 5.79. The lowest BCUT2D eigenvalue weighted by atomic mass is 9.72. The number of halogens is 3. The van der Waals surface area contributed by atoms with Crippen LogP contribution in [0.3, 0.4) is 0 Å². The molecule has 3 heteroatoms. The Hall–Kier alpha value is 0.280. The highest BCUT2D eigenvalue weighted by Crippen LogP contribution is 2.43. The molecular formula is C14H17BrCl2. The summed E-state index contributed by atoms with van der Waals surface area (Å²) in [6.07, 6.45) is 7.57. The molecule has 1 aliphatic rings. The van der Waals surface area contributed by atoms with E-state index in [9.17, 15) is 0 Å². The molecule has 1 fully saturated rings. The van der Waals surface area contributed by atoms with E-state index in [4.69, 9.17) is 23.2 Å². The van der Waals surface area contributed by atoms with Crippen molar-refractivity contribution in [2.24, 2.45) is 5.41 Å². The van der Waals surface area contributed by atoms with E-state index in [1.165, 1.54) is 32.1 Å². The zero-order chi connectivity index (χ0) is 12.3. The summed E-state index contributed by atoms with van der Waals surface area (Å²) < 4.78 is 0. The van der Waals surface area contributed by atoms with E-state index in [1.807, 2.05) is 18.2 Å². The molecule has 0 radical (unpaired) electrons. The fraction of sp³-hybridized carbons (Fsp3) is 0.571. The maximum Gasteiger partial charge on any atom is 0.0453 e. The molecule has 0 nitrogen and oxygen atoms in total. The average molecular weight is 336 g/mol. The van der Waals surface area contributed by atoms with E-state index in [2.05, 4.69) is 15.9 Å². The van der Waals surface area contributed by atoms with Crippen LogP contribution in [0.5, 0.6) is 0 Å². The molecule has 0 heterocycles. The van der Waals surface area contributed by atoms with Gasteiger partial charge >= 0.3 is 0 Å². The third-order valence-electron chi connectivity index (χ3n) is 3.81. The van der Waals surface area contributed by atoms with Crippen LogP contribution in [0.15, 0.2) is 18.2 Å². The largest absolute Gasteiger partial charge is 0.0922 e. The van der Waals surface area contributed by atoms with Crippen LogP contribution in [0.25, 0.3) is 0 Å². The topological polar surface area (TPSA) is 0 Å². The van der Waals surface area contributed by atoms with Gasteiger partial charge in [0.1, 0.15) is 0 Å². The third kappa shape index (κ3) is 3.19. The molecule has 0 saturated heterocycles. The first-order chi connectivity index (χ1) is 8.17. The van der Waals surface area contributed by atoms with Crippen molar-refractivity contribution in [3.05, 3.63) is 33.8 Å². The quantitative estimate of drug-likeness (QED) is 0.605. The smallest absolute Gasteiger partial charge is 0.0453 e. The van der Waals surface area contributed by atoms with Crippen LogP contribution in [0.4, 0.5) is 0 Å². The molecule has 1 saturated carbocycles. The Kier molecular flexibility index (Phi) is 4.80. The molecule has 0 unspecified atom stereocenters. The molecule has 17 heavy (non-hydrogen) atoms. The maximum absolute atomic E-state index is 6.27. The highest BCUT2D eigenvalue weighted by molar-refractivity contribution is 9.09. The van der Waals surface area contributed by atoms with E-state index >= 15 is 0 Å². The molecule has 1 aromatic carbocycles. The number of hydrogen-bond acceptors (Lipinski definition) is 0. The van der Waals surface area contributed by atoms with Gasteiger partial charge in [-0.05, 0) is 42.4 Å². The molecule has 2 rings (SSSR count). The number of benzene rings is 1. The van der Waals surface area contributed by atoms with Crippen LogP contribution in [-0.4, -0.2) is 5.33 Å². The molecule has 0 atom stereocenters. The predicted molar refractivity (Wildman–Crippen MR) is 79.5 cm³/mol. The van der Waals surface area contributed by atoms with Crippen LogP contribution in [-0.2, 0) is 6.42 Å². The van der Waals surface area contributed by atoms with Gasteiger partial charge in [-0.25, -0.2) is 0 Å². The average Bonchev–Trinajstić information content (AvgIpc) is 2.35. The molecular weight excluding hydrogens is 319 g/mol. The fourth-order valence-electron chi connectivity index (χ4n) is 2.74. The van der Waals surface area contributed by atoms with Crippen LogP contribution in [0.2, 0.25) is 10.0 Å². The first kappa shape index (κ1) is 13.7.